The van der Waals surface area contributed by atoms with Crippen molar-refractivity contribution in [1.29, 1.82) is 0 Å². The number of nitrogen functional groups attached to an aromatic ring is 1. The summed E-state index contributed by atoms with van der Waals surface area (Å²) < 4.78 is 5.54. The highest BCUT2D eigenvalue weighted by atomic mass is 16.5. The van der Waals surface area contributed by atoms with E-state index in [1.54, 1.807) is 18.2 Å². The number of carbonyl (C=O) groups excluding carboxylic acids is 1. The summed E-state index contributed by atoms with van der Waals surface area (Å²) in [6.07, 6.45) is 1.87. The van der Waals surface area contributed by atoms with Crippen molar-refractivity contribution in [2.45, 2.75) is 25.9 Å². The van der Waals surface area contributed by atoms with Crippen molar-refractivity contribution in [3.63, 3.8) is 0 Å². The minimum absolute atomic E-state index is 0.0469. The van der Waals surface area contributed by atoms with E-state index >= 15 is 0 Å². The van der Waals surface area contributed by atoms with E-state index in [0.717, 1.165) is 31.5 Å². The Kier molecular flexibility index (Phi) is 3.87. The maximum absolute atomic E-state index is 12.0. The Morgan fingerprint density at radius 3 is 2.67 bits per heavy atom. The SMILES string of the molecule is Cc1cc(N)ccc1C(=O)OC1CCN(C)CC1. The van der Waals surface area contributed by atoms with Gasteiger partial charge in [-0.05, 0) is 50.6 Å². The first kappa shape index (κ1) is 12.9. The summed E-state index contributed by atoms with van der Waals surface area (Å²) in [5.74, 6) is -0.234. The molecule has 0 spiro atoms. The fourth-order valence-corrected chi connectivity index (χ4v) is 2.23. The van der Waals surface area contributed by atoms with Crippen molar-refractivity contribution in [1.82, 2.24) is 4.90 Å². The zero-order valence-electron chi connectivity index (χ0n) is 11.0. The molecule has 98 valence electrons. The molecular weight excluding hydrogens is 228 g/mol. The van der Waals surface area contributed by atoms with Crippen LogP contribution in [0.25, 0.3) is 0 Å². The zero-order chi connectivity index (χ0) is 13.1. The van der Waals surface area contributed by atoms with Gasteiger partial charge in [-0.15, -0.1) is 0 Å². The van der Waals surface area contributed by atoms with Crippen molar-refractivity contribution in [3.8, 4) is 0 Å². The molecule has 0 radical (unpaired) electrons. The summed E-state index contributed by atoms with van der Waals surface area (Å²) in [6.45, 7) is 3.85. The Morgan fingerprint density at radius 1 is 1.39 bits per heavy atom. The maximum atomic E-state index is 12.0. The average Bonchev–Trinajstić information content (AvgIpc) is 2.32. The third kappa shape index (κ3) is 3.01. The third-order valence-electron chi connectivity index (χ3n) is 3.41. The first-order valence-corrected chi connectivity index (χ1v) is 6.32. The van der Waals surface area contributed by atoms with Gasteiger partial charge in [-0.3, -0.25) is 0 Å². The molecule has 0 atom stereocenters. The molecule has 1 aliphatic heterocycles. The van der Waals surface area contributed by atoms with Crippen LogP contribution in [0, 0.1) is 6.92 Å². The average molecular weight is 248 g/mol. The number of piperidine rings is 1. The molecular formula is C14H20N2O2. The van der Waals surface area contributed by atoms with Crippen molar-refractivity contribution in [3.05, 3.63) is 29.3 Å². The van der Waals surface area contributed by atoms with Crippen molar-refractivity contribution >= 4 is 11.7 Å². The maximum Gasteiger partial charge on any atom is 0.338 e. The van der Waals surface area contributed by atoms with Crippen LogP contribution in [-0.2, 0) is 4.74 Å². The number of hydrogen-bond acceptors (Lipinski definition) is 4. The number of ether oxygens (including phenoxy) is 1. The Hall–Kier alpha value is -1.55. The molecule has 0 unspecified atom stereocenters. The van der Waals surface area contributed by atoms with E-state index in [2.05, 4.69) is 11.9 Å². The van der Waals surface area contributed by atoms with Gasteiger partial charge in [0.2, 0.25) is 0 Å². The molecule has 1 fully saturated rings. The molecule has 0 amide bonds. The van der Waals surface area contributed by atoms with Gasteiger partial charge in [0.25, 0.3) is 0 Å². The summed E-state index contributed by atoms with van der Waals surface area (Å²) in [4.78, 5) is 14.3. The van der Waals surface area contributed by atoms with Gasteiger partial charge >= 0.3 is 5.97 Å². The predicted molar refractivity (Wildman–Crippen MR) is 71.5 cm³/mol. The van der Waals surface area contributed by atoms with Gasteiger partial charge in [0, 0.05) is 18.8 Å². The molecule has 4 nitrogen and oxygen atoms in total. The van der Waals surface area contributed by atoms with Crippen molar-refractivity contribution in [2.24, 2.45) is 0 Å². The van der Waals surface area contributed by atoms with Crippen LogP contribution in [0.5, 0.6) is 0 Å². The summed E-state index contributed by atoms with van der Waals surface area (Å²) >= 11 is 0. The molecule has 2 rings (SSSR count). The Labute approximate surface area is 108 Å². The van der Waals surface area contributed by atoms with Crippen molar-refractivity contribution in [2.75, 3.05) is 25.9 Å². The number of rotatable bonds is 2. The highest BCUT2D eigenvalue weighted by Crippen LogP contribution is 2.18. The second kappa shape index (κ2) is 5.40. The van der Waals surface area contributed by atoms with Crippen LogP contribution in [-0.4, -0.2) is 37.1 Å². The number of aryl methyl sites for hydroxylation is 1. The van der Waals surface area contributed by atoms with Gasteiger partial charge in [0.1, 0.15) is 6.10 Å². The van der Waals surface area contributed by atoms with Crippen LogP contribution in [0.2, 0.25) is 0 Å². The normalized spacial score (nSPS) is 17.7. The minimum atomic E-state index is -0.234. The molecule has 4 heteroatoms. The molecule has 0 saturated carbocycles. The molecule has 1 aliphatic rings. The molecule has 1 heterocycles. The number of carbonyl (C=O) groups is 1. The fourth-order valence-electron chi connectivity index (χ4n) is 2.23. The van der Waals surface area contributed by atoms with E-state index in [-0.39, 0.29) is 12.1 Å². The molecule has 18 heavy (non-hydrogen) atoms. The molecule has 0 aromatic heterocycles. The Morgan fingerprint density at radius 2 is 2.06 bits per heavy atom. The van der Waals surface area contributed by atoms with E-state index in [9.17, 15) is 4.79 Å². The van der Waals surface area contributed by atoms with E-state index in [4.69, 9.17) is 10.5 Å². The lowest BCUT2D eigenvalue weighted by atomic mass is 10.1. The summed E-state index contributed by atoms with van der Waals surface area (Å²) in [5, 5.41) is 0. The monoisotopic (exact) mass is 248 g/mol. The Balaban J connectivity index is 1.99. The predicted octanol–water partition coefficient (Wildman–Crippen LogP) is 1.83. The number of nitrogens with zero attached hydrogens (tertiary/aromatic N) is 1. The molecule has 2 N–H and O–H groups in total. The van der Waals surface area contributed by atoms with E-state index < -0.39 is 0 Å². The van der Waals surface area contributed by atoms with E-state index in [0.29, 0.717) is 11.3 Å². The minimum Gasteiger partial charge on any atom is -0.459 e. The highest BCUT2D eigenvalue weighted by Gasteiger charge is 2.21. The number of anilines is 1. The fraction of sp³-hybridized carbons (Fsp3) is 0.500. The molecule has 1 aromatic carbocycles. The third-order valence-corrected chi connectivity index (χ3v) is 3.41. The van der Waals surface area contributed by atoms with Gasteiger partial charge in [-0.25, -0.2) is 4.79 Å². The number of hydrogen-bond donors (Lipinski definition) is 1. The van der Waals surface area contributed by atoms with E-state index in [1.165, 1.54) is 0 Å². The first-order chi connectivity index (χ1) is 8.56. The highest BCUT2D eigenvalue weighted by molar-refractivity contribution is 5.91. The second-order valence-corrected chi connectivity index (χ2v) is 4.98. The smallest absolute Gasteiger partial charge is 0.338 e. The van der Waals surface area contributed by atoms with Crippen LogP contribution in [0.15, 0.2) is 18.2 Å². The van der Waals surface area contributed by atoms with Crippen LogP contribution < -0.4 is 5.73 Å². The first-order valence-electron chi connectivity index (χ1n) is 6.32. The van der Waals surface area contributed by atoms with Gasteiger partial charge in [0.05, 0.1) is 5.56 Å². The number of nitrogens with two attached hydrogens (primary N) is 1. The summed E-state index contributed by atoms with van der Waals surface area (Å²) in [5.41, 5.74) is 7.82. The van der Waals surface area contributed by atoms with E-state index in [1.807, 2.05) is 6.92 Å². The largest absolute Gasteiger partial charge is 0.459 e. The number of esters is 1. The van der Waals surface area contributed by atoms with Crippen LogP contribution in [0.3, 0.4) is 0 Å². The number of benzene rings is 1. The topological polar surface area (TPSA) is 55.6 Å². The van der Waals surface area contributed by atoms with Crippen molar-refractivity contribution < 1.29 is 9.53 Å². The number of likely N-dealkylation sites (tertiary alicyclic amines) is 1. The lowest BCUT2D eigenvalue weighted by Crippen LogP contribution is -2.35. The van der Waals surface area contributed by atoms with Gasteiger partial charge in [-0.1, -0.05) is 0 Å². The zero-order valence-corrected chi connectivity index (χ0v) is 11.0. The summed E-state index contributed by atoms with van der Waals surface area (Å²) in [6, 6.07) is 5.27. The Bertz CT molecular complexity index is 437. The molecule has 1 saturated heterocycles. The van der Waals surface area contributed by atoms with Crippen LogP contribution in [0.1, 0.15) is 28.8 Å². The molecule has 1 aromatic rings. The van der Waals surface area contributed by atoms with Gasteiger partial charge < -0.3 is 15.4 Å². The standard InChI is InChI=1S/C14H20N2O2/c1-10-9-11(15)3-4-13(10)14(17)18-12-5-7-16(2)8-6-12/h3-4,9,12H,5-8,15H2,1-2H3. The van der Waals surface area contributed by atoms with Crippen LogP contribution in [0.4, 0.5) is 5.69 Å². The quantitative estimate of drug-likeness (QED) is 0.641. The second-order valence-electron chi connectivity index (χ2n) is 4.98. The van der Waals surface area contributed by atoms with Gasteiger partial charge in [-0.2, -0.15) is 0 Å². The van der Waals surface area contributed by atoms with Crippen LogP contribution >= 0.6 is 0 Å². The summed E-state index contributed by atoms with van der Waals surface area (Å²) in [7, 11) is 2.09. The lowest BCUT2D eigenvalue weighted by Gasteiger charge is -2.28. The molecule has 0 aliphatic carbocycles. The molecule has 0 bridgehead atoms. The lowest BCUT2D eigenvalue weighted by molar-refractivity contribution is 0.0138. The van der Waals surface area contributed by atoms with Gasteiger partial charge in [0.15, 0.2) is 0 Å².